The molecule has 1 aliphatic rings. The number of nitrogens with zero attached hydrogens (tertiary/aromatic N) is 2. The van der Waals surface area contributed by atoms with E-state index in [0.29, 0.717) is 31.0 Å². The molecule has 0 radical (unpaired) electrons. The van der Waals surface area contributed by atoms with Crippen molar-refractivity contribution in [1.29, 1.82) is 0 Å². The van der Waals surface area contributed by atoms with E-state index in [-0.39, 0.29) is 10.9 Å². The number of amides is 2. The molecule has 0 unspecified atom stereocenters. The molecule has 1 fully saturated rings. The monoisotopic (exact) mass is 467 g/mol. The van der Waals surface area contributed by atoms with Crippen molar-refractivity contribution < 1.29 is 17.6 Å². The van der Waals surface area contributed by atoms with Gasteiger partial charge in [0.25, 0.3) is 10.0 Å². The molecular weight excluding hydrogens is 441 g/mol. The second kappa shape index (κ2) is 9.23. The van der Waals surface area contributed by atoms with Crippen LogP contribution in [0.5, 0.6) is 0 Å². The van der Waals surface area contributed by atoms with E-state index in [1.807, 2.05) is 13.8 Å². The Bertz CT molecular complexity index is 1260. The van der Waals surface area contributed by atoms with Crippen molar-refractivity contribution in [2.45, 2.75) is 31.7 Å². The van der Waals surface area contributed by atoms with E-state index in [9.17, 15) is 17.6 Å². The average molecular weight is 468 g/mol. The standard InChI is InChI=1S/C25H26FN3O3S/c1-18-14-19(2)16-20(15-18)17-28-12-5-13-29(25(28)30)24-7-4-3-6-23(24)27-33(31,32)22-10-8-21(26)9-11-22/h3-4,6-11,14-16,27H,5,12-13,17H2,1-2H3. The highest BCUT2D eigenvalue weighted by Gasteiger charge is 2.29. The summed E-state index contributed by atoms with van der Waals surface area (Å²) in [6.07, 6.45) is 0.760. The van der Waals surface area contributed by atoms with Crippen molar-refractivity contribution in [2.24, 2.45) is 0 Å². The average Bonchev–Trinajstić information content (AvgIpc) is 2.75. The maximum atomic E-state index is 13.4. The van der Waals surface area contributed by atoms with Gasteiger partial charge in [-0.15, -0.1) is 0 Å². The van der Waals surface area contributed by atoms with Gasteiger partial charge in [-0.3, -0.25) is 9.62 Å². The number of aryl methyl sites for hydroxylation is 2. The molecule has 4 rings (SSSR count). The first-order chi connectivity index (χ1) is 15.7. The van der Waals surface area contributed by atoms with Crippen molar-refractivity contribution >= 4 is 27.4 Å². The number of para-hydroxylation sites is 2. The molecule has 0 aliphatic carbocycles. The van der Waals surface area contributed by atoms with Crippen LogP contribution in [0.25, 0.3) is 0 Å². The molecule has 33 heavy (non-hydrogen) atoms. The normalized spacial score (nSPS) is 14.5. The van der Waals surface area contributed by atoms with Crippen LogP contribution >= 0.6 is 0 Å². The number of urea groups is 1. The third-order valence-corrected chi connectivity index (χ3v) is 6.91. The molecule has 0 spiro atoms. The summed E-state index contributed by atoms with van der Waals surface area (Å²) in [5, 5.41) is 0. The van der Waals surface area contributed by atoms with Crippen LogP contribution in [0.1, 0.15) is 23.1 Å². The minimum atomic E-state index is -3.95. The van der Waals surface area contributed by atoms with E-state index < -0.39 is 15.8 Å². The van der Waals surface area contributed by atoms with Crippen molar-refractivity contribution in [2.75, 3.05) is 22.7 Å². The Labute approximate surface area is 193 Å². The Kier molecular flexibility index (Phi) is 6.37. The van der Waals surface area contributed by atoms with Gasteiger partial charge in [-0.05, 0) is 62.2 Å². The van der Waals surface area contributed by atoms with Crippen LogP contribution < -0.4 is 9.62 Å². The Balaban J connectivity index is 1.59. The number of hydrogen-bond acceptors (Lipinski definition) is 3. The van der Waals surface area contributed by atoms with Crippen molar-refractivity contribution in [3.8, 4) is 0 Å². The highest BCUT2D eigenvalue weighted by atomic mass is 32.2. The molecule has 2 amide bonds. The summed E-state index contributed by atoms with van der Waals surface area (Å²) in [4.78, 5) is 16.7. The van der Waals surface area contributed by atoms with E-state index in [1.165, 1.54) is 12.1 Å². The number of carbonyl (C=O) groups is 1. The molecule has 1 N–H and O–H groups in total. The molecular formula is C25H26FN3O3S. The van der Waals surface area contributed by atoms with Crippen LogP contribution in [0.4, 0.5) is 20.6 Å². The van der Waals surface area contributed by atoms with Crippen molar-refractivity contribution in [3.05, 3.63) is 89.2 Å². The third kappa shape index (κ3) is 5.17. The molecule has 3 aromatic carbocycles. The topological polar surface area (TPSA) is 69.7 Å². The van der Waals surface area contributed by atoms with Gasteiger partial charge in [0.1, 0.15) is 5.82 Å². The zero-order valence-electron chi connectivity index (χ0n) is 18.6. The largest absolute Gasteiger partial charge is 0.324 e. The molecule has 0 saturated carbocycles. The number of anilines is 2. The summed E-state index contributed by atoms with van der Waals surface area (Å²) in [5.74, 6) is -0.517. The number of rotatable bonds is 6. The summed E-state index contributed by atoms with van der Waals surface area (Å²) in [5.41, 5.74) is 4.13. The minimum absolute atomic E-state index is 0.0554. The maximum absolute atomic E-state index is 13.4. The number of hydrogen-bond donors (Lipinski definition) is 1. The zero-order chi connectivity index (χ0) is 23.6. The second-order valence-electron chi connectivity index (χ2n) is 8.28. The second-order valence-corrected chi connectivity index (χ2v) is 9.96. The fourth-order valence-corrected chi connectivity index (χ4v) is 5.22. The smallest absolute Gasteiger partial charge is 0.320 e. The Hall–Kier alpha value is -3.39. The fraction of sp³-hybridized carbons (Fsp3) is 0.240. The van der Waals surface area contributed by atoms with E-state index in [1.54, 1.807) is 34.1 Å². The molecule has 0 aromatic heterocycles. The SMILES string of the molecule is Cc1cc(C)cc(CN2CCCN(c3ccccc3NS(=O)(=O)c3ccc(F)cc3)C2=O)c1. The Morgan fingerprint density at radius 1 is 0.939 bits per heavy atom. The predicted molar refractivity (Wildman–Crippen MR) is 127 cm³/mol. The lowest BCUT2D eigenvalue weighted by Gasteiger charge is -2.36. The van der Waals surface area contributed by atoms with Gasteiger partial charge in [-0.2, -0.15) is 0 Å². The first-order valence-corrected chi connectivity index (χ1v) is 12.2. The third-order valence-electron chi connectivity index (χ3n) is 5.53. The van der Waals surface area contributed by atoms with Gasteiger partial charge >= 0.3 is 6.03 Å². The number of carbonyl (C=O) groups excluding carboxylic acids is 1. The molecule has 0 bridgehead atoms. The van der Waals surface area contributed by atoms with Gasteiger partial charge in [0.2, 0.25) is 0 Å². The highest BCUT2D eigenvalue weighted by molar-refractivity contribution is 7.92. The number of halogens is 1. The summed E-state index contributed by atoms with van der Waals surface area (Å²) >= 11 is 0. The van der Waals surface area contributed by atoms with Gasteiger partial charge in [-0.1, -0.05) is 41.5 Å². The molecule has 1 heterocycles. The quantitative estimate of drug-likeness (QED) is 0.550. The van der Waals surface area contributed by atoms with Gasteiger partial charge in [-0.25, -0.2) is 17.6 Å². The lowest BCUT2D eigenvalue weighted by Crippen LogP contribution is -2.49. The van der Waals surface area contributed by atoms with Crippen LogP contribution in [0.3, 0.4) is 0 Å². The van der Waals surface area contributed by atoms with Crippen LogP contribution in [-0.4, -0.2) is 32.4 Å². The minimum Gasteiger partial charge on any atom is -0.320 e. The summed E-state index contributed by atoms with van der Waals surface area (Å²) in [7, 11) is -3.95. The summed E-state index contributed by atoms with van der Waals surface area (Å²) < 4.78 is 41.5. The Morgan fingerprint density at radius 2 is 1.61 bits per heavy atom. The van der Waals surface area contributed by atoms with Crippen LogP contribution in [-0.2, 0) is 16.6 Å². The van der Waals surface area contributed by atoms with Crippen molar-refractivity contribution in [3.63, 3.8) is 0 Å². The molecule has 3 aromatic rings. The van der Waals surface area contributed by atoms with Gasteiger partial charge in [0.15, 0.2) is 0 Å². The number of benzene rings is 3. The number of nitrogens with one attached hydrogen (secondary N) is 1. The first-order valence-electron chi connectivity index (χ1n) is 10.7. The van der Waals surface area contributed by atoms with Gasteiger partial charge in [0.05, 0.1) is 16.3 Å². The lowest BCUT2D eigenvalue weighted by atomic mass is 10.1. The number of sulfonamides is 1. The van der Waals surface area contributed by atoms with E-state index in [0.717, 1.165) is 35.2 Å². The molecule has 1 saturated heterocycles. The highest BCUT2D eigenvalue weighted by Crippen LogP contribution is 2.31. The summed E-state index contributed by atoms with van der Waals surface area (Å²) in [6.45, 7) is 5.67. The van der Waals surface area contributed by atoms with Crippen LogP contribution in [0.15, 0.2) is 71.6 Å². The van der Waals surface area contributed by atoms with Gasteiger partial charge in [0, 0.05) is 19.6 Å². The van der Waals surface area contributed by atoms with Crippen LogP contribution in [0.2, 0.25) is 0 Å². The summed E-state index contributed by atoms with van der Waals surface area (Å²) in [6, 6.07) is 17.5. The van der Waals surface area contributed by atoms with E-state index in [2.05, 4.69) is 22.9 Å². The molecule has 172 valence electrons. The van der Waals surface area contributed by atoms with Crippen LogP contribution in [0, 0.1) is 19.7 Å². The van der Waals surface area contributed by atoms with E-state index >= 15 is 0 Å². The lowest BCUT2D eigenvalue weighted by molar-refractivity contribution is 0.192. The van der Waals surface area contributed by atoms with Crippen molar-refractivity contribution in [1.82, 2.24) is 4.90 Å². The predicted octanol–water partition coefficient (Wildman–Crippen LogP) is 5.08. The Morgan fingerprint density at radius 3 is 2.30 bits per heavy atom. The fourth-order valence-electron chi connectivity index (χ4n) is 4.15. The molecule has 1 aliphatic heterocycles. The first kappa shape index (κ1) is 22.8. The van der Waals surface area contributed by atoms with E-state index in [4.69, 9.17) is 0 Å². The maximum Gasteiger partial charge on any atom is 0.324 e. The molecule has 8 heteroatoms. The molecule has 0 atom stereocenters. The van der Waals surface area contributed by atoms with Gasteiger partial charge < -0.3 is 4.90 Å². The zero-order valence-corrected chi connectivity index (χ0v) is 19.4. The molecule has 6 nitrogen and oxygen atoms in total.